The smallest absolute Gasteiger partial charge is 0.158 e. The zero-order chi connectivity index (χ0) is 17.8. The van der Waals surface area contributed by atoms with Crippen LogP contribution in [0.15, 0.2) is 30.9 Å². The van der Waals surface area contributed by atoms with Crippen LogP contribution in [0.4, 0.5) is 8.78 Å². The molecule has 0 bridgehead atoms. The molecule has 0 saturated carbocycles. The summed E-state index contributed by atoms with van der Waals surface area (Å²) in [5.74, 6) is -2.24. The average Bonchev–Trinajstić information content (AvgIpc) is 3.12. The molecule has 1 aromatic heterocycles. The number of halogens is 2. The molecule has 136 valence electrons. The number of hydrogen-bond acceptors (Lipinski definition) is 5. The Bertz CT molecular complexity index is 678. The Morgan fingerprint density at radius 2 is 2.20 bits per heavy atom. The van der Waals surface area contributed by atoms with E-state index in [1.165, 1.54) is 23.4 Å². The van der Waals surface area contributed by atoms with E-state index in [9.17, 15) is 13.9 Å². The summed E-state index contributed by atoms with van der Waals surface area (Å²) < 4.78 is 40.3. The Morgan fingerprint density at radius 1 is 1.36 bits per heavy atom. The lowest BCUT2D eigenvalue weighted by molar-refractivity contribution is -0.196. The lowest BCUT2D eigenvalue weighted by Crippen LogP contribution is -2.34. The van der Waals surface area contributed by atoms with Crippen molar-refractivity contribution in [2.24, 2.45) is 0 Å². The minimum Gasteiger partial charge on any atom is -0.371 e. The molecular weight excluding hydrogens is 332 g/mol. The van der Waals surface area contributed by atoms with E-state index < -0.39 is 36.2 Å². The second-order valence-corrected chi connectivity index (χ2v) is 6.12. The first-order valence-corrected chi connectivity index (χ1v) is 8.30. The van der Waals surface area contributed by atoms with Gasteiger partial charge in [-0.15, -0.1) is 0 Å². The van der Waals surface area contributed by atoms with Crippen molar-refractivity contribution in [3.05, 3.63) is 48.1 Å². The highest BCUT2D eigenvalue weighted by Crippen LogP contribution is 2.34. The predicted octanol–water partition coefficient (Wildman–Crippen LogP) is 2.76. The van der Waals surface area contributed by atoms with Crippen molar-refractivity contribution in [1.29, 1.82) is 0 Å². The molecule has 0 amide bonds. The van der Waals surface area contributed by atoms with E-state index in [0.29, 0.717) is 6.61 Å². The third-order valence-corrected chi connectivity index (χ3v) is 4.36. The highest BCUT2D eigenvalue weighted by molar-refractivity contribution is 5.24. The van der Waals surface area contributed by atoms with Crippen LogP contribution in [0.5, 0.6) is 0 Å². The minimum absolute atomic E-state index is 0.146. The fourth-order valence-corrected chi connectivity index (χ4v) is 3.09. The summed E-state index contributed by atoms with van der Waals surface area (Å²) in [5.41, 5.74) is 0.146. The third-order valence-electron chi connectivity index (χ3n) is 4.36. The molecule has 4 atom stereocenters. The number of hydrogen-bond donors (Lipinski definition) is 1. The van der Waals surface area contributed by atoms with Crippen LogP contribution >= 0.6 is 0 Å². The molecule has 6 nitrogen and oxygen atoms in total. The van der Waals surface area contributed by atoms with E-state index in [2.05, 4.69) is 10.1 Å². The standard InChI is InChI=1S/C17H21F2N3O3/c1-11(25-15-4-2-3-7-24-15)16(17(23)22-10-20-9-21-22)13-6-5-12(18)8-14(13)19/h5-6,8-11,15-17,23H,2-4,7H2,1H3/t11-,15?,16?,17?/m1/s1. The summed E-state index contributed by atoms with van der Waals surface area (Å²) in [6.45, 7) is 2.34. The van der Waals surface area contributed by atoms with E-state index >= 15 is 0 Å². The number of rotatable bonds is 6. The highest BCUT2D eigenvalue weighted by atomic mass is 19.1. The molecule has 1 aliphatic heterocycles. The number of aliphatic hydroxyl groups is 1. The fourth-order valence-electron chi connectivity index (χ4n) is 3.09. The second-order valence-electron chi connectivity index (χ2n) is 6.12. The van der Waals surface area contributed by atoms with Crippen LogP contribution in [0.3, 0.4) is 0 Å². The minimum atomic E-state index is -1.22. The maximum absolute atomic E-state index is 14.4. The SMILES string of the molecule is C[C@@H](OC1CCCCO1)C(c1ccc(F)cc1F)C(O)n1cncn1. The van der Waals surface area contributed by atoms with Gasteiger partial charge in [-0.2, -0.15) is 5.10 Å². The summed E-state index contributed by atoms with van der Waals surface area (Å²) in [7, 11) is 0. The van der Waals surface area contributed by atoms with Gasteiger partial charge in [0.1, 0.15) is 24.3 Å². The molecule has 1 aromatic carbocycles. The van der Waals surface area contributed by atoms with Gasteiger partial charge in [0.05, 0.1) is 12.0 Å². The monoisotopic (exact) mass is 353 g/mol. The zero-order valence-corrected chi connectivity index (χ0v) is 13.9. The maximum Gasteiger partial charge on any atom is 0.158 e. The van der Waals surface area contributed by atoms with Crippen LogP contribution in [0.2, 0.25) is 0 Å². The van der Waals surface area contributed by atoms with Crippen LogP contribution in [-0.2, 0) is 9.47 Å². The van der Waals surface area contributed by atoms with Gasteiger partial charge < -0.3 is 14.6 Å². The van der Waals surface area contributed by atoms with Crippen molar-refractivity contribution in [2.45, 2.75) is 50.7 Å². The van der Waals surface area contributed by atoms with Gasteiger partial charge in [-0.25, -0.2) is 18.4 Å². The van der Waals surface area contributed by atoms with Gasteiger partial charge in [0.2, 0.25) is 0 Å². The molecular formula is C17H21F2N3O3. The molecule has 0 radical (unpaired) electrons. The molecule has 2 aromatic rings. The van der Waals surface area contributed by atoms with E-state index in [1.54, 1.807) is 6.92 Å². The predicted molar refractivity (Wildman–Crippen MR) is 84.5 cm³/mol. The Kier molecular flexibility index (Phi) is 5.72. The number of ether oxygens (including phenoxy) is 2. The van der Waals surface area contributed by atoms with Gasteiger partial charge in [0, 0.05) is 12.7 Å². The van der Waals surface area contributed by atoms with Gasteiger partial charge >= 0.3 is 0 Å². The largest absolute Gasteiger partial charge is 0.371 e. The highest BCUT2D eigenvalue weighted by Gasteiger charge is 2.34. The van der Waals surface area contributed by atoms with Gasteiger partial charge in [-0.3, -0.25) is 0 Å². The third kappa shape index (κ3) is 4.20. The number of aliphatic hydroxyl groups excluding tert-OH is 1. The van der Waals surface area contributed by atoms with E-state index in [-0.39, 0.29) is 5.56 Å². The van der Waals surface area contributed by atoms with Crippen molar-refractivity contribution in [2.75, 3.05) is 6.61 Å². The van der Waals surface area contributed by atoms with Crippen LogP contribution in [0.25, 0.3) is 0 Å². The van der Waals surface area contributed by atoms with Gasteiger partial charge in [-0.1, -0.05) is 6.07 Å². The molecule has 0 aliphatic carbocycles. The molecule has 3 rings (SSSR count). The Hall–Kier alpha value is -1.90. The van der Waals surface area contributed by atoms with Gasteiger partial charge in [-0.05, 0) is 37.8 Å². The first-order valence-electron chi connectivity index (χ1n) is 8.30. The molecule has 3 unspecified atom stereocenters. The van der Waals surface area contributed by atoms with Crippen LogP contribution in [0.1, 0.15) is 43.9 Å². The molecule has 1 N–H and O–H groups in total. The average molecular weight is 353 g/mol. The van der Waals surface area contributed by atoms with Crippen molar-refractivity contribution < 1.29 is 23.4 Å². The van der Waals surface area contributed by atoms with Gasteiger partial charge in [0.15, 0.2) is 12.5 Å². The second kappa shape index (κ2) is 7.99. The topological polar surface area (TPSA) is 69.4 Å². The van der Waals surface area contributed by atoms with Gasteiger partial charge in [0.25, 0.3) is 0 Å². The Labute approximate surface area is 144 Å². The van der Waals surface area contributed by atoms with Crippen molar-refractivity contribution in [1.82, 2.24) is 14.8 Å². The van der Waals surface area contributed by atoms with E-state index in [0.717, 1.165) is 31.4 Å². The summed E-state index contributed by atoms with van der Waals surface area (Å²) in [4.78, 5) is 3.80. The lowest BCUT2D eigenvalue weighted by atomic mass is 9.91. The summed E-state index contributed by atoms with van der Waals surface area (Å²) >= 11 is 0. The molecule has 1 fully saturated rings. The van der Waals surface area contributed by atoms with Crippen molar-refractivity contribution in [3.63, 3.8) is 0 Å². The Balaban J connectivity index is 1.87. The molecule has 0 spiro atoms. The quantitative estimate of drug-likeness (QED) is 0.865. The Morgan fingerprint density at radius 3 is 2.84 bits per heavy atom. The van der Waals surface area contributed by atoms with Crippen LogP contribution < -0.4 is 0 Å². The number of aromatic nitrogens is 3. The summed E-state index contributed by atoms with van der Waals surface area (Å²) in [6, 6.07) is 3.26. The van der Waals surface area contributed by atoms with Crippen LogP contribution in [-0.4, -0.2) is 38.9 Å². The number of nitrogens with zero attached hydrogens (tertiary/aromatic N) is 3. The molecule has 1 saturated heterocycles. The summed E-state index contributed by atoms with van der Waals surface area (Å²) in [5, 5.41) is 14.6. The summed E-state index contributed by atoms with van der Waals surface area (Å²) in [6.07, 6.45) is 3.09. The first kappa shape index (κ1) is 17.9. The molecule has 25 heavy (non-hydrogen) atoms. The first-order chi connectivity index (χ1) is 12.1. The normalized spacial score (nSPS) is 21.7. The molecule has 1 aliphatic rings. The fraction of sp³-hybridized carbons (Fsp3) is 0.529. The molecule has 8 heteroatoms. The van der Waals surface area contributed by atoms with Crippen molar-refractivity contribution in [3.8, 4) is 0 Å². The number of benzene rings is 1. The van der Waals surface area contributed by atoms with Crippen LogP contribution in [0, 0.1) is 11.6 Å². The molecule has 2 heterocycles. The maximum atomic E-state index is 14.4. The van der Waals surface area contributed by atoms with E-state index in [1.807, 2.05) is 0 Å². The van der Waals surface area contributed by atoms with E-state index in [4.69, 9.17) is 9.47 Å². The zero-order valence-electron chi connectivity index (χ0n) is 13.9. The lowest BCUT2D eigenvalue weighted by Gasteiger charge is -2.33. The van der Waals surface area contributed by atoms with Crippen molar-refractivity contribution >= 4 is 0 Å².